The number of piperazine rings is 1. The lowest BCUT2D eigenvalue weighted by Gasteiger charge is -2.34. The van der Waals surface area contributed by atoms with Gasteiger partial charge in [0.1, 0.15) is 5.76 Å². The van der Waals surface area contributed by atoms with Crippen molar-refractivity contribution in [3.63, 3.8) is 0 Å². The molecule has 1 amide bonds. The maximum Gasteiger partial charge on any atom is 0.248 e. The summed E-state index contributed by atoms with van der Waals surface area (Å²) in [6.45, 7) is 5.99. The number of amides is 1. The minimum atomic E-state index is -0.126. The van der Waals surface area contributed by atoms with E-state index in [4.69, 9.17) is 4.42 Å². The number of rotatable bonds is 7. The van der Waals surface area contributed by atoms with E-state index in [9.17, 15) is 4.79 Å². The Kier molecular flexibility index (Phi) is 6.75. The summed E-state index contributed by atoms with van der Waals surface area (Å²) in [5, 5.41) is 2.91. The van der Waals surface area contributed by atoms with Crippen molar-refractivity contribution in [1.82, 2.24) is 9.80 Å². The van der Waals surface area contributed by atoms with Crippen LogP contribution in [0.3, 0.4) is 0 Å². The van der Waals surface area contributed by atoms with Crippen molar-refractivity contribution < 1.29 is 9.21 Å². The van der Waals surface area contributed by atoms with Gasteiger partial charge in [-0.05, 0) is 41.5 Å². The molecule has 0 atom stereocenters. The van der Waals surface area contributed by atoms with Crippen molar-refractivity contribution in [3.8, 4) is 0 Å². The van der Waals surface area contributed by atoms with Crippen LogP contribution in [0.25, 0.3) is 6.08 Å². The monoisotopic (exact) mass is 401 g/mol. The molecule has 0 saturated carbocycles. The van der Waals surface area contributed by atoms with Gasteiger partial charge in [0.25, 0.3) is 0 Å². The quantitative estimate of drug-likeness (QED) is 0.602. The summed E-state index contributed by atoms with van der Waals surface area (Å²) >= 11 is 0. The first kappa shape index (κ1) is 20.1. The standard InChI is InChI=1S/C25H27N3O2/c29-25(13-10-21-5-2-1-3-6-21)26-23-11-8-22(9-12-23)19-27-14-16-28(17-15-27)20-24-7-4-18-30-24/h1-13,18H,14-17,19-20H2,(H,26,29)/b13-10-. The lowest BCUT2D eigenvalue weighted by atomic mass is 10.1. The van der Waals surface area contributed by atoms with E-state index in [0.717, 1.165) is 56.3 Å². The van der Waals surface area contributed by atoms with Crippen LogP contribution < -0.4 is 5.32 Å². The highest BCUT2D eigenvalue weighted by Gasteiger charge is 2.17. The molecule has 1 fully saturated rings. The highest BCUT2D eigenvalue weighted by Crippen LogP contribution is 2.14. The van der Waals surface area contributed by atoms with E-state index >= 15 is 0 Å². The first-order chi connectivity index (χ1) is 14.7. The van der Waals surface area contributed by atoms with Gasteiger partial charge in [0.2, 0.25) is 5.91 Å². The molecule has 5 nitrogen and oxygen atoms in total. The Bertz CT molecular complexity index is 942. The molecule has 0 radical (unpaired) electrons. The molecule has 30 heavy (non-hydrogen) atoms. The van der Waals surface area contributed by atoms with E-state index in [1.165, 1.54) is 5.56 Å². The van der Waals surface area contributed by atoms with E-state index in [1.807, 2.05) is 60.7 Å². The molecule has 154 valence electrons. The zero-order valence-corrected chi connectivity index (χ0v) is 17.0. The number of hydrogen-bond donors (Lipinski definition) is 1. The third kappa shape index (κ3) is 5.92. The van der Waals surface area contributed by atoms with Gasteiger partial charge in [-0.25, -0.2) is 0 Å². The fourth-order valence-electron chi connectivity index (χ4n) is 3.60. The summed E-state index contributed by atoms with van der Waals surface area (Å²) in [4.78, 5) is 17.0. The Labute approximate surface area is 177 Å². The first-order valence-electron chi connectivity index (χ1n) is 10.3. The molecule has 2 heterocycles. The molecular weight excluding hydrogens is 374 g/mol. The number of benzene rings is 2. The number of furan rings is 1. The fourth-order valence-corrected chi connectivity index (χ4v) is 3.60. The number of nitrogens with one attached hydrogen (secondary N) is 1. The third-order valence-electron chi connectivity index (χ3n) is 5.28. The molecule has 1 aliphatic heterocycles. The lowest BCUT2D eigenvalue weighted by Crippen LogP contribution is -2.45. The molecular formula is C25H27N3O2. The minimum absolute atomic E-state index is 0.126. The number of anilines is 1. The maximum absolute atomic E-state index is 12.1. The van der Waals surface area contributed by atoms with Crippen molar-refractivity contribution in [1.29, 1.82) is 0 Å². The van der Waals surface area contributed by atoms with Crippen LogP contribution in [0.5, 0.6) is 0 Å². The zero-order valence-electron chi connectivity index (χ0n) is 17.0. The van der Waals surface area contributed by atoms with Gasteiger partial charge in [-0.2, -0.15) is 0 Å². The summed E-state index contributed by atoms with van der Waals surface area (Å²) < 4.78 is 5.45. The normalized spacial score (nSPS) is 15.5. The van der Waals surface area contributed by atoms with E-state index in [2.05, 4.69) is 27.2 Å². The molecule has 1 aromatic heterocycles. The second kappa shape index (κ2) is 10.1. The van der Waals surface area contributed by atoms with Crippen LogP contribution in [0.1, 0.15) is 16.9 Å². The summed E-state index contributed by atoms with van der Waals surface area (Å²) in [5.41, 5.74) is 3.07. The second-order valence-electron chi connectivity index (χ2n) is 7.56. The molecule has 5 heteroatoms. The lowest BCUT2D eigenvalue weighted by molar-refractivity contribution is -0.111. The van der Waals surface area contributed by atoms with Gasteiger partial charge < -0.3 is 9.73 Å². The number of nitrogens with zero attached hydrogens (tertiary/aromatic N) is 2. The van der Waals surface area contributed by atoms with Crippen molar-refractivity contribution in [3.05, 3.63) is 96.0 Å². The Balaban J connectivity index is 1.22. The molecule has 2 aromatic carbocycles. The average Bonchev–Trinajstić information content (AvgIpc) is 3.29. The molecule has 4 rings (SSSR count). The van der Waals surface area contributed by atoms with Gasteiger partial charge in [0.15, 0.2) is 0 Å². The summed E-state index contributed by atoms with van der Waals surface area (Å²) in [5.74, 6) is 0.902. The largest absolute Gasteiger partial charge is 0.468 e. The summed E-state index contributed by atoms with van der Waals surface area (Å²) in [7, 11) is 0. The third-order valence-corrected chi connectivity index (χ3v) is 5.28. The van der Waals surface area contributed by atoms with E-state index < -0.39 is 0 Å². The number of carbonyl (C=O) groups excluding carboxylic acids is 1. The molecule has 3 aromatic rings. The second-order valence-corrected chi connectivity index (χ2v) is 7.56. The fraction of sp³-hybridized carbons (Fsp3) is 0.240. The molecule has 0 aliphatic carbocycles. The Hall–Kier alpha value is -3.15. The van der Waals surface area contributed by atoms with E-state index in [0.29, 0.717) is 0 Å². The predicted molar refractivity (Wildman–Crippen MR) is 120 cm³/mol. The molecule has 0 spiro atoms. The molecule has 0 bridgehead atoms. The van der Waals surface area contributed by atoms with Crippen LogP contribution in [0.15, 0.2) is 83.5 Å². The Morgan fingerprint density at radius 3 is 2.23 bits per heavy atom. The molecule has 1 N–H and O–H groups in total. The molecule has 1 aliphatic rings. The van der Waals surface area contributed by atoms with Crippen LogP contribution in [0.4, 0.5) is 5.69 Å². The summed E-state index contributed by atoms with van der Waals surface area (Å²) in [6.07, 6.45) is 5.11. The van der Waals surface area contributed by atoms with E-state index in [-0.39, 0.29) is 5.91 Å². The molecule has 1 saturated heterocycles. The van der Waals surface area contributed by atoms with Crippen LogP contribution in [0.2, 0.25) is 0 Å². The van der Waals surface area contributed by atoms with Crippen molar-refractivity contribution in [2.24, 2.45) is 0 Å². The SMILES string of the molecule is O=C(/C=C\c1ccccc1)Nc1ccc(CN2CCN(Cc3ccco3)CC2)cc1. The van der Waals surface area contributed by atoms with E-state index in [1.54, 1.807) is 12.3 Å². The van der Waals surface area contributed by atoms with Crippen LogP contribution in [-0.4, -0.2) is 41.9 Å². The van der Waals surface area contributed by atoms with Gasteiger partial charge in [0.05, 0.1) is 12.8 Å². The first-order valence-corrected chi connectivity index (χ1v) is 10.3. The van der Waals surface area contributed by atoms with Crippen LogP contribution in [0, 0.1) is 0 Å². The Morgan fingerprint density at radius 1 is 0.867 bits per heavy atom. The van der Waals surface area contributed by atoms with Crippen molar-refractivity contribution in [2.75, 3.05) is 31.5 Å². The zero-order chi connectivity index (χ0) is 20.6. The predicted octanol–water partition coefficient (Wildman–Crippen LogP) is 4.25. The van der Waals surface area contributed by atoms with Gasteiger partial charge >= 0.3 is 0 Å². The maximum atomic E-state index is 12.1. The minimum Gasteiger partial charge on any atom is -0.468 e. The van der Waals surface area contributed by atoms with Crippen LogP contribution in [-0.2, 0) is 17.9 Å². The van der Waals surface area contributed by atoms with Crippen LogP contribution >= 0.6 is 0 Å². The summed E-state index contributed by atoms with van der Waals surface area (Å²) in [6, 6.07) is 21.9. The van der Waals surface area contributed by atoms with Crippen molar-refractivity contribution >= 4 is 17.7 Å². The van der Waals surface area contributed by atoms with Gasteiger partial charge in [0, 0.05) is 44.5 Å². The Morgan fingerprint density at radius 2 is 1.57 bits per heavy atom. The smallest absolute Gasteiger partial charge is 0.248 e. The number of carbonyl (C=O) groups is 1. The highest BCUT2D eigenvalue weighted by molar-refractivity contribution is 6.01. The average molecular weight is 402 g/mol. The van der Waals surface area contributed by atoms with Gasteiger partial charge in [-0.1, -0.05) is 42.5 Å². The van der Waals surface area contributed by atoms with Crippen molar-refractivity contribution in [2.45, 2.75) is 13.1 Å². The number of hydrogen-bond acceptors (Lipinski definition) is 4. The molecule has 0 unspecified atom stereocenters. The van der Waals surface area contributed by atoms with Gasteiger partial charge in [-0.3, -0.25) is 14.6 Å². The topological polar surface area (TPSA) is 48.7 Å². The highest BCUT2D eigenvalue weighted by atomic mass is 16.3. The van der Waals surface area contributed by atoms with Gasteiger partial charge in [-0.15, -0.1) is 0 Å².